The number of nitrogens with two attached hydrogens (primary N) is 1. The highest BCUT2D eigenvalue weighted by Crippen LogP contribution is 2.37. The van der Waals surface area contributed by atoms with Crippen LogP contribution in [0.2, 0.25) is 0 Å². The topological polar surface area (TPSA) is 68.5 Å². The molecule has 0 aliphatic heterocycles. The van der Waals surface area contributed by atoms with Gasteiger partial charge in [0.05, 0.1) is 5.69 Å². The van der Waals surface area contributed by atoms with Gasteiger partial charge in [-0.2, -0.15) is 0 Å². The summed E-state index contributed by atoms with van der Waals surface area (Å²) in [6.07, 6.45) is 1.63. The maximum atomic E-state index is 11.9. The molecule has 2 amide bonds. The van der Waals surface area contributed by atoms with Crippen molar-refractivity contribution in [1.29, 1.82) is 0 Å². The number of anilines is 2. The van der Waals surface area contributed by atoms with Gasteiger partial charge in [-0.05, 0) is 30.7 Å². The molecular weight excluding hydrogens is 310 g/mol. The minimum Gasteiger partial charge on any atom is -0.455 e. The number of aromatic nitrogens is 1. The van der Waals surface area contributed by atoms with Crippen LogP contribution in [-0.4, -0.2) is 11.0 Å². The van der Waals surface area contributed by atoms with Crippen LogP contribution in [0.3, 0.4) is 0 Å². The number of urea groups is 1. The van der Waals surface area contributed by atoms with Crippen molar-refractivity contribution in [3.63, 3.8) is 0 Å². The molecule has 0 radical (unpaired) electrons. The third-order valence-corrected chi connectivity index (χ3v) is 4.01. The highest BCUT2D eigenvalue weighted by atomic mass is 32.1. The molecule has 5 nitrogen and oxygen atoms in total. The number of amides is 2. The Morgan fingerprint density at radius 1 is 1.13 bits per heavy atom. The summed E-state index contributed by atoms with van der Waals surface area (Å²) in [6.45, 7) is 1.96. The van der Waals surface area contributed by atoms with Crippen molar-refractivity contribution in [2.24, 2.45) is 5.73 Å². The zero-order valence-corrected chi connectivity index (χ0v) is 13.3. The van der Waals surface area contributed by atoms with E-state index in [4.69, 9.17) is 10.5 Å². The molecule has 0 unspecified atom stereocenters. The number of rotatable bonds is 4. The summed E-state index contributed by atoms with van der Waals surface area (Å²) >= 11 is 1.33. The molecule has 2 aromatic carbocycles. The van der Waals surface area contributed by atoms with E-state index in [-0.39, 0.29) is 0 Å². The first-order chi connectivity index (χ1) is 11.2. The standard InChI is InChI=1S/C17H15N3O2S/c1-12-6-2-4-8-14(12)22-15-9-5-3-7-13(15)20(16(18)21)17-19-10-11-23-17/h2-11H,1H3,(H2,18,21). The Hall–Kier alpha value is -2.86. The maximum absolute atomic E-state index is 11.9. The fourth-order valence-corrected chi connectivity index (χ4v) is 2.82. The SMILES string of the molecule is Cc1ccccc1Oc1ccccc1N(C(N)=O)c1nccs1. The van der Waals surface area contributed by atoms with Crippen molar-refractivity contribution in [2.75, 3.05) is 4.90 Å². The minimum atomic E-state index is -0.610. The molecule has 0 spiro atoms. The molecular formula is C17H15N3O2S. The number of para-hydroxylation sites is 3. The van der Waals surface area contributed by atoms with Gasteiger partial charge in [0.2, 0.25) is 0 Å². The minimum absolute atomic E-state index is 0.498. The van der Waals surface area contributed by atoms with Gasteiger partial charge in [-0.25, -0.2) is 14.7 Å². The van der Waals surface area contributed by atoms with Crippen LogP contribution in [0, 0.1) is 6.92 Å². The first-order valence-corrected chi connectivity index (χ1v) is 7.86. The van der Waals surface area contributed by atoms with E-state index in [0.29, 0.717) is 16.6 Å². The molecule has 2 N–H and O–H groups in total. The molecule has 6 heteroatoms. The molecule has 0 saturated carbocycles. The molecule has 0 aliphatic carbocycles. The lowest BCUT2D eigenvalue weighted by atomic mass is 10.2. The van der Waals surface area contributed by atoms with E-state index in [2.05, 4.69) is 4.98 Å². The average Bonchev–Trinajstić information content (AvgIpc) is 3.05. The van der Waals surface area contributed by atoms with E-state index >= 15 is 0 Å². The van der Waals surface area contributed by atoms with Gasteiger partial charge in [-0.15, -0.1) is 11.3 Å². The van der Waals surface area contributed by atoms with Gasteiger partial charge in [0.25, 0.3) is 0 Å². The van der Waals surface area contributed by atoms with Gasteiger partial charge in [-0.3, -0.25) is 0 Å². The molecule has 23 heavy (non-hydrogen) atoms. The second-order valence-electron chi connectivity index (χ2n) is 4.82. The van der Waals surface area contributed by atoms with Gasteiger partial charge in [-0.1, -0.05) is 30.3 Å². The van der Waals surface area contributed by atoms with E-state index in [0.717, 1.165) is 11.3 Å². The summed E-state index contributed by atoms with van der Waals surface area (Å²) < 4.78 is 6.00. The molecule has 1 aromatic heterocycles. The Bertz CT molecular complexity index is 818. The van der Waals surface area contributed by atoms with Gasteiger partial charge in [0, 0.05) is 11.6 Å². The van der Waals surface area contributed by atoms with Crippen LogP contribution in [0.15, 0.2) is 60.1 Å². The number of aryl methyl sites for hydroxylation is 1. The number of carbonyl (C=O) groups excluding carboxylic acids is 1. The number of hydrogen-bond donors (Lipinski definition) is 1. The van der Waals surface area contributed by atoms with Crippen molar-refractivity contribution < 1.29 is 9.53 Å². The summed E-state index contributed by atoms with van der Waals surface area (Å²) in [5.41, 5.74) is 7.11. The number of nitrogens with zero attached hydrogens (tertiary/aromatic N) is 2. The summed E-state index contributed by atoms with van der Waals surface area (Å²) in [4.78, 5) is 17.4. The van der Waals surface area contributed by atoms with Crippen LogP contribution in [0.1, 0.15) is 5.56 Å². The van der Waals surface area contributed by atoms with Gasteiger partial charge in [0.1, 0.15) is 5.75 Å². The Morgan fingerprint density at radius 3 is 2.48 bits per heavy atom. The summed E-state index contributed by atoms with van der Waals surface area (Å²) in [7, 11) is 0. The Balaban J connectivity index is 2.03. The number of thiazole rings is 1. The van der Waals surface area contributed by atoms with Crippen molar-refractivity contribution in [3.8, 4) is 11.5 Å². The van der Waals surface area contributed by atoms with E-state index in [1.54, 1.807) is 23.7 Å². The third kappa shape index (κ3) is 3.17. The molecule has 0 aliphatic rings. The fourth-order valence-electron chi connectivity index (χ4n) is 2.16. The molecule has 3 rings (SSSR count). The van der Waals surface area contributed by atoms with Crippen LogP contribution in [0.25, 0.3) is 0 Å². The zero-order valence-electron chi connectivity index (χ0n) is 12.5. The molecule has 116 valence electrons. The van der Waals surface area contributed by atoms with Gasteiger partial charge < -0.3 is 10.5 Å². The normalized spacial score (nSPS) is 10.3. The zero-order chi connectivity index (χ0) is 16.2. The number of ether oxygens (including phenoxy) is 1. The van der Waals surface area contributed by atoms with Crippen LogP contribution in [0.4, 0.5) is 15.6 Å². The van der Waals surface area contributed by atoms with Crippen LogP contribution in [-0.2, 0) is 0 Å². The molecule has 0 fully saturated rings. The van der Waals surface area contributed by atoms with Crippen LogP contribution in [0.5, 0.6) is 11.5 Å². The highest BCUT2D eigenvalue weighted by Gasteiger charge is 2.21. The van der Waals surface area contributed by atoms with Gasteiger partial charge >= 0.3 is 6.03 Å². The predicted molar refractivity (Wildman–Crippen MR) is 91.5 cm³/mol. The van der Waals surface area contributed by atoms with Crippen LogP contribution >= 0.6 is 11.3 Å². The van der Waals surface area contributed by atoms with Gasteiger partial charge in [0.15, 0.2) is 10.9 Å². The Morgan fingerprint density at radius 2 is 1.83 bits per heavy atom. The number of benzene rings is 2. The van der Waals surface area contributed by atoms with E-state index in [1.807, 2.05) is 43.3 Å². The Labute approximate surface area is 138 Å². The lowest BCUT2D eigenvalue weighted by molar-refractivity contribution is 0.256. The summed E-state index contributed by atoms with van der Waals surface area (Å²) in [6, 6.07) is 14.3. The van der Waals surface area contributed by atoms with E-state index < -0.39 is 6.03 Å². The van der Waals surface area contributed by atoms with Crippen molar-refractivity contribution in [1.82, 2.24) is 4.98 Å². The van der Waals surface area contributed by atoms with Crippen molar-refractivity contribution >= 4 is 28.2 Å². The molecule has 1 heterocycles. The third-order valence-electron chi connectivity index (χ3n) is 3.25. The van der Waals surface area contributed by atoms with E-state index in [9.17, 15) is 4.79 Å². The molecule has 3 aromatic rings. The number of hydrogen-bond acceptors (Lipinski definition) is 4. The first-order valence-electron chi connectivity index (χ1n) is 6.98. The largest absolute Gasteiger partial charge is 0.455 e. The lowest BCUT2D eigenvalue weighted by Crippen LogP contribution is -2.31. The highest BCUT2D eigenvalue weighted by molar-refractivity contribution is 7.13. The fraction of sp³-hybridized carbons (Fsp3) is 0.0588. The van der Waals surface area contributed by atoms with Crippen molar-refractivity contribution in [3.05, 3.63) is 65.7 Å². The molecule has 0 atom stereocenters. The quantitative estimate of drug-likeness (QED) is 0.770. The average molecular weight is 325 g/mol. The second kappa shape index (κ2) is 6.50. The monoisotopic (exact) mass is 325 g/mol. The van der Waals surface area contributed by atoms with Crippen molar-refractivity contribution in [2.45, 2.75) is 6.92 Å². The Kier molecular flexibility index (Phi) is 4.25. The number of primary amides is 1. The summed E-state index contributed by atoms with van der Waals surface area (Å²) in [5, 5.41) is 2.29. The predicted octanol–water partition coefficient (Wildman–Crippen LogP) is 4.46. The second-order valence-corrected chi connectivity index (χ2v) is 5.70. The van der Waals surface area contributed by atoms with Crippen LogP contribution < -0.4 is 15.4 Å². The molecule has 0 bridgehead atoms. The molecule has 0 saturated heterocycles. The lowest BCUT2D eigenvalue weighted by Gasteiger charge is -2.21. The van der Waals surface area contributed by atoms with E-state index in [1.165, 1.54) is 16.2 Å². The summed E-state index contributed by atoms with van der Waals surface area (Å²) in [5.74, 6) is 1.26. The number of carbonyl (C=O) groups is 1. The smallest absolute Gasteiger partial charge is 0.325 e. The maximum Gasteiger partial charge on any atom is 0.325 e. The first kappa shape index (κ1) is 15.1.